The summed E-state index contributed by atoms with van der Waals surface area (Å²) in [5.74, 6) is 5.29. The molecule has 0 aliphatic heterocycles. The number of nitrogens with two attached hydrogens (primary N) is 1. The number of anilines is 1. The summed E-state index contributed by atoms with van der Waals surface area (Å²) in [6, 6.07) is 13.3. The van der Waals surface area contributed by atoms with Crippen molar-refractivity contribution >= 4 is 11.6 Å². The first-order chi connectivity index (χ1) is 7.75. The van der Waals surface area contributed by atoms with Crippen LogP contribution in [0, 0.1) is 6.07 Å². The van der Waals surface area contributed by atoms with Gasteiger partial charge in [0.1, 0.15) is 0 Å². The highest BCUT2D eigenvalue weighted by molar-refractivity contribution is 6.04. The topological polar surface area (TPSA) is 59.0 Å². The van der Waals surface area contributed by atoms with Crippen LogP contribution in [0.4, 0.5) is 5.69 Å². The molecule has 0 unspecified atom stereocenters. The molecule has 16 heavy (non-hydrogen) atoms. The Bertz CT molecular complexity index is 479. The smallest absolute Gasteiger partial charge is 0.256 e. The molecule has 79 valence electrons. The van der Waals surface area contributed by atoms with Crippen LogP contribution in [-0.2, 0) is 0 Å². The van der Waals surface area contributed by atoms with Crippen molar-refractivity contribution in [2.24, 2.45) is 0 Å². The van der Waals surface area contributed by atoms with E-state index in [0.717, 1.165) is 5.69 Å². The van der Waals surface area contributed by atoms with Gasteiger partial charge in [0.25, 0.3) is 5.91 Å². The van der Waals surface area contributed by atoms with Crippen molar-refractivity contribution in [1.82, 2.24) is 0 Å². The molecule has 2 aromatic rings. The lowest BCUT2D eigenvalue weighted by Crippen LogP contribution is -2.43. The standard InChI is InChI=1S/C12H10N3O/c13-15-8-6-10(7-9-15)12(16)14-11-4-2-1-3-5-11/h1-2,4-9H,(H2-,13,14,16)/p+1. The second-order valence-electron chi connectivity index (χ2n) is 3.28. The average molecular weight is 213 g/mol. The first-order valence-electron chi connectivity index (χ1n) is 4.79. The number of pyridine rings is 1. The van der Waals surface area contributed by atoms with Gasteiger partial charge in [0.05, 0.1) is 5.56 Å². The van der Waals surface area contributed by atoms with Crippen LogP contribution in [0.5, 0.6) is 0 Å². The Labute approximate surface area is 93.3 Å². The predicted molar refractivity (Wildman–Crippen MR) is 60.0 cm³/mol. The molecule has 1 aromatic heterocycles. The molecule has 4 heteroatoms. The van der Waals surface area contributed by atoms with Crippen molar-refractivity contribution in [2.45, 2.75) is 0 Å². The number of hydrogen-bond acceptors (Lipinski definition) is 2. The lowest BCUT2D eigenvalue weighted by atomic mass is 10.2. The van der Waals surface area contributed by atoms with Gasteiger partial charge >= 0.3 is 0 Å². The lowest BCUT2D eigenvalue weighted by molar-refractivity contribution is -0.638. The van der Waals surface area contributed by atoms with Crippen molar-refractivity contribution in [3.8, 4) is 0 Å². The van der Waals surface area contributed by atoms with Gasteiger partial charge in [-0.15, -0.1) is 0 Å². The third-order valence-electron chi connectivity index (χ3n) is 2.08. The molecule has 1 amide bonds. The van der Waals surface area contributed by atoms with Crippen LogP contribution >= 0.6 is 0 Å². The highest BCUT2D eigenvalue weighted by Gasteiger charge is 2.07. The molecule has 1 heterocycles. The Morgan fingerprint density at radius 3 is 2.69 bits per heavy atom. The number of hydrogen-bond donors (Lipinski definition) is 2. The first-order valence-corrected chi connectivity index (χ1v) is 4.79. The van der Waals surface area contributed by atoms with Gasteiger partial charge in [-0.1, -0.05) is 16.8 Å². The summed E-state index contributed by atoms with van der Waals surface area (Å²) in [6.07, 6.45) is 3.23. The van der Waals surface area contributed by atoms with E-state index in [-0.39, 0.29) is 5.91 Å². The van der Waals surface area contributed by atoms with E-state index in [1.165, 1.54) is 4.68 Å². The van der Waals surface area contributed by atoms with Crippen LogP contribution in [0.15, 0.2) is 48.8 Å². The zero-order valence-corrected chi connectivity index (χ0v) is 8.55. The third kappa shape index (κ3) is 2.36. The normalized spacial score (nSPS) is 9.75. The lowest BCUT2D eigenvalue weighted by Gasteiger charge is -2.03. The zero-order chi connectivity index (χ0) is 11.4. The van der Waals surface area contributed by atoms with Gasteiger partial charge in [-0.25, -0.2) is 5.84 Å². The van der Waals surface area contributed by atoms with E-state index in [0.29, 0.717) is 5.56 Å². The number of carbonyl (C=O) groups is 1. The number of aromatic nitrogens is 1. The van der Waals surface area contributed by atoms with Crippen LogP contribution in [0.1, 0.15) is 10.4 Å². The van der Waals surface area contributed by atoms with E-state index in [9.17, 15) is 4.79 Å². The van der Waals surface area contributed by atoms with Crippen LogP contribution in [-0.4, -0.2) is 5.91 Å². The molecule has 0 spiro atoms. The average Bonchev–Trinajstić information content (AvgIpc) is 2.31. The van der Waals surface area contributed by atoms with E-state index in [1.807, 2.05) is 6.07 Å². The van der Waals surface area contributed by atoms with E-state index in [1.54, 1.807) is 42.7 Å². The summed E-state index contributed by atoms with van der Waals surface area (Å²) in [5.41, 5.74) is 1.28. The maximum Gasteiger partial charge on any atom is 0.256 e. The van der Waals surface area contributed by atoms with E-state index in [4.69, 9.17) is 5.84 Å². The van der Waals surface area contributed by atoms with Gasteiger partial charge in [-0.3, -0.25) is 4.79 Å². The minimum Gasteiger partial charge on any atom is -0.322 e. The molecule has 1 radical (unpaired) electrons. The van der Waals surface area contributed by atoms with Crippen LogP contribution in [0.25, 0.3) is 0 Å². The monoisotopic (exact) mass is 213 g/mol. The summed E-state index contributed by atoms with van der Waals surface area (Å²) in [7, 11) is 0. The number of nitrogen functional groups attached to an aromatic ring is 1. The van der Waals surface area contributed by atoms with Gasteiger partial charge in [-0.2, -0.15) is 0 Å². The minimum atomic E-state index is -0.166. The zero-order valence-electron chi connectivity index (χ0n) is 8.55. The molecule has 4 nitrogen and oxygen atoms in total. The summed E-state index contributed by atoms with van der Waals surface area (Å²) in [6.45, 7) is 0. The summed E-state index contributed by atoms with van der Waals surface area (Å²) < 4.78 is 1.38. The van der Waals surface area contributed by atoms with Gasteiger partial charge in [0.15, 0.2) is 12.4 Å². The number of amides is 1. The molecule has 0 saturated heterocycles. The van der Waals surface area contributed by atoms with Crippen LogP contribution in [0.2, 0.25) is 0 Å². The summed E-state index contributed by atoms with van der Waals surface area (Å²) in [4.78, 5) is 11.8. The van der Waals surface area contributed by atoms with Gasteiger partial charge in [0, 0.05) is 17.8 Å². The SMILES string of the molecule is N[n+]1ccc(C(=O)Nc2c[c]ccc2)cc1. The maximum atomic E-state index is 11.8. The second kappa shape index (κ2) is 4.44. The van der Waals surface area contributed by atoms with Crippen molar-refractivity contribution in [1.29, 1.82) is 0 Å². The molecule has 1 aromatic carbocycles. The second-order valence-corrected chi connectivity index (χ2v) is 3.28. The molecule has 0 atom stereocenters. The number of benzene rings is 1. The first kappa shape index (κ1) is 10.2. The molecule has 0 saturated carbocycles. The Morgan fingerprint density at radius 2 is 2.06 bits per heavy atom. The number of nitrogens with one attached hydrogen (secondary N) is 1. The predicted octanol–water partition coefficient (Wildman–Crippen LogP) is 0.740. The molecule has 0 fully saturated rings. The number of carbonyl (C=O) groups excluding carboxylic acids is 1. The van der Waals surface area contributed by atoms with Gasteiger partial charge in [-0.05, 0) is 18.2 Å². The van der Waals surface area contributed by atoms with Crippen molar-refractivity contribution in [2.75, 3.05) is 11.2 Å². The Hall–Kier alpha value is -2.36. The fourth-order valence-corrected chi connectivity index (χ4v) is 1.26. The fourth-order valence-electron chi connectivity index (χ4n) is 1.26. The summed E-state index contributed by atoms with van der Waals surface area (Å²) in [5, 5.41) is 2.76. The highest BCUT2D eigenvalue weighted by Crippen LogP contribution is 2.06. The Balaban J connectivity index is 2.12. The molecule has 2 rings (SSSR count). The van der Waals surface area contributed by atoms with Crippen LogP contribution in [0.3, 0.4) is 0 Å². The van der Waals surface area contributed by atoms with Crippen molar-refractivity contribution in [3.63, 3.8) is 0 Å². The molecular weight excluding hydrogens is 202 g/mol. The van der Waals surface area contributed by atoms with E-state index in [2.05, 4.69) is 11.4 Å². The fraction of sp³-hybridized carbons (Fsp3) is 0. The third-order valence-corrected chi connectivity index (χ3v) is 2.08. The maximum absolute atomic E-state index is 11.8. The Kier molecular flexibility index (Phi) is 2.82. The number of nitrogens with zero attached hydrogens (tertiary/aromatic N) is 1. The highest BCUT2D eigenvalue weighted by atomic mass is 16.1. The van der Waals surface area contributed by atoms with E-state index >= 15 is 0 Å². The molecule has 0 aliphatic carbocycles. The largest absolute Gasteiger partial charge is 0.322 e. The minimum absolute atomic E-state index is 0.166. The van der Waals surface area contributed by atoms with Crippen molar-refractivity contribution < 1.29 is 9.47 Å². The summed E-state index contributed by atoms with van der Waals surface area (Å²) >= 11 is 0. The quantitative estimate of drug-likeness (QED) is 0.571. The van der Waals surface area contributed by atoms with Gasteiger partial charge in [0.2, 0.25) is 0 Å². The van der Waals surface area contributed by atoms with Gasteiger partial charge < -0.3 is 5.32 Å². The molecular formula is C12H11N3O+. The Morgan fingerprint density at radius 1 is 1.31 bits per heavy atom. The molecule has 0 bridgehead atoms. The van der Waals surface area contributed by atoms with Crippen LogP contribution < -0.4 is 15.8 Å². The molecule has 3 N–H and O–H groups in total. The molecule has 0 aliphatic rings. The van der Waals surface area contributed by atoms with Crippen molar-refractivity contribution in [3.05, 3.63) is 60.4 Å². The van der Waals surface area contributed by atoms with E-state index < -0.39 is 0 Å². The number of rotatable bonds is 2.